The van der Waals surface area contributed by atoms with Crippen LogP contribution in [0.1, 0.15) is 88.0 Å². The fourth-order valence-corrected chi connectivity index (χ4v) is 3.94. The molecule has 0 radical (unpaired) electrons. The molecule has 1 unspecified atom stereocenters. The second kappa shape index (κ2) is 20.5. The second-order valence-electron chi connectivity index (χ2n) is 10.6. The van der Waals surface area contributed by atoms with Gasteiger partial charge in [-0.25, -0.2) is 8.78 Å². The van der Waals surface area contributed by atoms with Crippen molar-refractivity contribution in [1.82, 2.24) is 10.2 Å². The van der Waals surface area contributed by atoms with Gasteiger partial charge in [0.1, 0.15) is 11.0 Å². The van der Waals surface area contributed by atoms with Gasteiger partial charge in [-0.15, -0.1) is 13.2 Å². The quantitative estimate of drug-likeness (QED) is 0.176. The number of halogens is 3. The molecule has 0 aromatic heterocycles. The molecule has 1 aliphatic heterocycles. The summed E-state index contributed by atoms with van der Waals surface area (Å²) >= 11 is 6.00. The van der Waals surface area contributed by atoms with Gasteiger partial charge >= 0.3 is 0 Å². The Morgan fingerprint density at radius 2 is 1.68 bits per heavy atom. The van der Waals surface area contributed by atoms with E-state index in [-0.39, 0.29) is 5.57 Å². The number of allylic oxidation sites excluding steroid dienone is 7. The molecule has 1 saturated carbocycles. The number of aliphatic imine (C=N–C) groups is 1. The molecule has 2 rings (SSSR count). The van der Waals surface area contributed by atoms with Crippen molar-refractivity contribution in [2.45, 2.75) is 100.0 Å². The molecule has 1 fully saturated rings. The first-order chi connectivity index (χ1) is 18.7. The van der Waals surface area contributed by atoms with E-state index in [0.29, 0.717) is 28.7 Å². The maximum absolute atomic E-state index is 13.4. The fraction of sp³-hybridized carbons (Fsp3) is 0.559. The first-order valence-electron chi connectivity index (χ1n) is 14.4. The van der Waals surface area contributed by atoms with Gasteiger partial charge in [0.05, 0.1) is 0 Å². The third kappa shape index (κ3) is 14.8. The van der Waals surface area contributed by atoms with Gasteiger partial charge in [0.25, 0.3) is 5.92 Å². The highest BCUT2D eigenvalue weighted by Crippen LogP contribution is 2.28. The molecular weight excluding hydrogens is 524 g/mol. The lowest BCUT2D eigenvalue weighted by atomic mass is 9.87. The Morgan fingerprint density at radius 1 is 1.15 bits per heavy atom. The van der Waals surface area contributed by atoms with Crippen LogP contribution in [0.5, 0.6) is 0 Å². The largest absolute Gasteiger partial charge is 0.368 e. The molecule has 1 aliphatic carbocycles. The van der Waals surface area contributed by atoms with Gasteiger partial charge in [0.15, 0.2) is 0 Å². The smallest absolute Gasteiger partial charge is 0.268 e. The molecule has 0 bridgehead atoms. The van der Waals surface area contributed by atoms with E-state index in [1.165, 1.54) is 26.0 Å². The highest BCUT2D eigenvalue weighted by molar-refractivity contribution is 6.70. The van der Waals surface area contributed by atoms with E-state index in [0.717, 1.165) is 42.7 Å². The first kappa shape index (κ1) is 39.7. The minimum absolute atomic E-state index is 0.0221. The number of hydrogen-bond acceptors (Lipinski definition) is 3. The zero-order chi connectivity index (χ0) is 31.6. The van der Waals surface area contributed by atoms with Crippen LogP contribution < -0.4 is 5.32 Å². The van der Waals surface area contributed by atoms with E-state index in [1.807, 2.05) is 39.0 Å². The first-order valence-corrected chi connectivity index (χ1v) is 14.7. The van der Waals surface area contributed by atoms with Crippen LogP contribution in [0.4, 0.5) is 8.78 Å². The molecule has 0 aromatic carbocycles. The summed E-state index contributed by atoms with van der Waals surface area (Å²) in [6, 6.07) is 0.403. The van der Waals surface area contributed by atoms with Gasteiger partial charge in [0.2, 0.25) is 0 Å². The Bertz CT molecular complexity index is 927. The van der Waals surface area contributed by atoms with E-state index in [4.69, 9.17) is 11.6 Å². The van der Waals surface area contributed by atoms with Crippen LogP contribution in [0, 0.1) is 17.8 Å². The molecule has 1 N–H and O–H groups in total. The zero-order valence-electron chi connectivity index (χ0n) is 26.9. The molecule has 0 saturated heterocycles. The van der Waals surface area contributed by atoms with Crippen LogP contribution in [0.3, 0.4) is 0 Å². The van der Waals surface area contributed by atoms with Crippen LogP contribution in [0.25, 0.3) is 0 Å². The van der Waals surface area contributed by atoms with Crippen LogP contribution in [-0.4, -0.2) is 29.1 Å². The molecule has 3 nitrogen and oxygen atoms in total. The predicted octanol–water partition coefficient (Wildman–Crippen LogP) is 10.8. The normalized spacial score (nSPS) is 20.6. The van der Waals surface area contributed by atoms with Crippen molar-refractivity contribution >= 4 is 16.8 Å². The summed E-state index contributed by atoms with van der Waals surface area (Å²) < 4.78 is 26.9. The lowest BCUT2D eigenvalue weighted by Crippen LogP contribution is -2.38. The summed E-state index contributed by atoms with van der Waals surface area (Å²) in [7, 11) is 1.69. The summed E-state index contributed by atoms with van der Waals surface area (Å²) in [5, 5.41) is 4.05. The number of nitrogens with zero attached hydrogens (tertiary/aromatic N) is 2. The van der Waals surface area contributed by atoms with Crippen molar-refractivity contribution in [2.24, 2.45) is 22.7 Å². The minimum atomic E-state index is -2.83. The zero-order valence-corrected chi connectivity index (χ0v) is 27.6. The van der Waals surface area contributed by atoms with E-state index in [1.54, 1.807) is 11.9 Å². The number of nitrogens with one attached hydrogen (secondary N) is 1. The summed E-state index contributed by atoms with van der Waals surface area (Å²) in [6.07, 6.45) is 13.9. The van der Waals surface area contributed by atoms with E-state index < -0.39 is 5.92 Å². The maximum Gasteiger partial charge on any atom is 0.268 e. The van der Waals surface area contributed by atoms with E-state index in [9.17, 15) is 8.78 Å². The molecule has 1 heterocycles. The summed E-state index contributed by atoms with van der Waals surface area (Å²) in [6.45, 7) is 31.0. The van der Waals surface area contributed by atoms with Gasteiger partial charge in [-0.1, -0.05) is 78.5 Å². The van der Waals surface area contributed by atoms with Crippen LogP contribution in [0.2, 0.25) is 0 Å². The molecule has 6 heteroatoms. The lowest BCUT2D eigenvalue weighted by Gasteiger charge is -2.34. The topological polar surface area (TPSA) is 27.6 Å². The van der Waals surface area contributed by atoms with Crippen molar-refractivity contribution in [3.63, 3.8) is 0 Å². The van der Waals surface area contributed by atoms with Crippen LogP contribution >= 0.6 is 11.6 Å². The minimum Gasteiger partial charge on any atom is -0.368 e. The average molecular weight is 580 g/mol. The molecular formula is C34H56ClF2N3. The van der Waals surface area contributed by atoms with Crippen molar-refractivity contribution in [2.75, 3.05) is 7.05 Å². The number of hydrogen-bond donors (Lipinski definition) is 1. The number of rotatable bonds is 8. The fourth-order valence-electron chi connectivity index (χ4n) is 3.72. The SMILES string of the molecule is C=C.C=C(C)/C(=C/C(C)C(C)C)C(Cl)=NC.C=C1C=CC=C(NC2CCC(C)CC2)N1/C=C(\C)C(C)(F)F.CC. The van der Waals surface area contributed by atoms with Gasteiger partial charge in [0, 0.05) is 43.1 Å². The van der Waals surface area contributed by atoms with Gasteiger partial charge in [-0.3, -0.25) is 4.99 Å². The second-order valence-corrected chi connectivity index (χ2v) is 10.9. The Balaban J connectivity index is 0. The molecule has 0 aromatic rings. The molecule has 2 aliphatic rings. The molecule has 0 spiro atoms. The van der Waals surface area contributed by atoms with Crippen LogP contribution in [0.15, 0.2) is 90.0 Å². The van der Waals surface area contributed by atoms with Crippen molar-refractivity contribution in [3.05, 3.63) is 85.1 Å². The highest BCUT2D eigenvalue weighted by Gasteiger charge is 2.26. The highest BCUT2D eigenvalue weighted by atomic mass is 35.5. The van der Waals surface area contributed by atoms with Crippen molar-refractivity contribution < 1.29 is 8.78 Å². The summed E-state index contributed by atoms with van der Waals surface area (Å²) in [5.74, 6) is -0.129. The Hall–Kier alpha value is -2.40. The van der Waals surface area contributed by atoms with E-state index >= 15 is 0 Å². The van der Waals surface area contributed by atoms with Gasteiger partial charge in [-0.2, -0.15) is 0 Å². The van der Waals surface area contributed by atoms with Crippen molar-refractivity contribution in [1.29, 1.82) is 0 Å². The standard InChI is InChI=1S/C18H26F2N2.C12H20ClN.C2H6.C2H4/c1-13-8-10-16(11-9-13)21-17-7-5-6-15(3)22(17)12-14(2)18(4,19)20;1-8(2)10(5)7-11(9(3)4)12(13)14-6;2*1-2/h5-7,12-13,16,21H,3,8-11H2,1-2,4H3;7-8,10H,3H2,1-2,4-6H3;1-2H3;1-2H2/b14-12+;11-7-,14-12?;;. The van der Waals surface area contributed by atoms with Gasteiger partial charge < -0.3 is 10.2 Å². The summed E-state index contributed by atoms with van der Waals surface area (Å²) in [4.78, 5) is 5.70. The molecule has 1 atom stereocenters. The van der Waals surface area contributed by atoms with E-state index in [2.05, 4.69) is 70.4 Å². The molecule has 40 heavy (non-hydrogen) atoms. The molecule has 0 amide bonds. The third-order valence-corrected chi connectivity index (χ3v) is 7.23. The number of alkyl halides is 2. The Labute approximate surface area is 250 Å². The molecule has 228 valence electrons. The Morgan fingerprint density at radius 3 is 2.10 bits per heavy atom. The van der Waals surface area contributed by atoms with Crippen molar-refractivity contribution in [3.8, 4) is 0 Å². The monoisotopic (exact) mass is 579 g/mol. The lowest BCUT2D eigenvalue weighted by molar-refractivity contribution is 0.0620. The average Bonchev–Trinajstić information content (AvgIpc) is 2.91. The maximum atomic E-state index is 13.4. The Kier molecular flexibility index (Phi) is 20.3. The van der Waals surface area contributed by atoms with Crippen LogP contribution in [-0.2, 0) is 0 Å². The van der Waals surface area contributed by atoms with Gasteiger partial charge in [-0.05, 0) is 75.0 Å². The predicted molar refractivity (Wildman–Crippen MR) is 176 cm³/mol. The summed E-state index contributed by atoms with van der Waals surface area (Å²) in [5.41, 5.74) is 2.65. The third-order valence-electron chi connectivity index (χ3n) is 6.85.